The van der Waals surface area contributed by atoms with Crippen LogP contribution >= 0.6 is 0 Å². The highest BCUT2D eigenvalue weighted by Gasteiger charge is 1.99. The van der Waals surface area contributed by atoms with Gasteiger partial charge in [0.25, 0.3) is 0 Å². The summed E-state index contributed by atoms with van der Waals surface area (Å²) in [6, 6.07) is 5.15. The van der Waals surface area contributed by atoms with Crippen molar-refractivity contribution in [3.05, 3.63) is 18.2 Å². The molecule has 0 bridgehead atoms. The summed E-state index contributed by atoms with van der Waals surface area (Å²) in [4.78, 5) is 0. The third-order valence-corrected chi connectivity index (χ3v) is 1.11. The quantitative estimate of drug-likeness (QED) is 0.568. The van der Waals surface area contributed by atoms with Crippen molar-refractivity contribution in [2.75, 3.05) is 7.11 Å². The van der Waals surface area contributed by atoms with Gasteiger partial charge < -0.3 is 14.9 Å². The molecule has 1 aromatic carbocycles. The van der Waals surface area contributed by atoms with Crippen LogP contribution in [0, 0.1) is 6.07 Å². The van der Waals surface area contributed by atoms with Gasteiger partial charge in [0.05, 0.1) is 7.11 Å². The Balaban J connectivity index is 3.04. The maximum Gasteiger partial charge on any atom is 0.165 e. The first kappa shape index (κ1) is 6.74. The van der Waals surface area contributed by atoms with E-state index in [1.165, 1.54) is 19.2 Å². The fourth-order valence-corrected chi connectivity index (χ4v) is 0.576. The number of rotatable bonds is 1. The maximum absolute atomic E-state index is 8.87. The molecular formula is C7H7O3. The summed E-state index contributed by atoms with van der Waals surface area (Å²) in [5.41, 5.74) is 0. The molecule has 1 radical (unpaired) electrons. The Bertz CT molecular complexity index is 232. The molecule has 0 atom stereocenters. The van der Waals surface area contributed by atoms with E-state index in [1.54, 1.807) is 0 Å². The number of ether oxygens (including phenoxy) is 1. The number of aromatic hydroxyl groups is 2. The van der Waals surface area contributed by atoms with E-state index in [9.17, 15) is 0 Å². The van der Waals surface area contributed by atoms with Crippen molar-refractivity contribution < 1.29 is 14.9 Å². The lowest BCUT2D eigenvalue weighted by molar-refractivity contribution is 0.385. The largest absolute Gasteiger partial charge is 0.504 e. The van der Waals surface area contributed by atoms with Crippen LogP contribution in [-0.4, -0.2) is 17.3 Å². The summed E-state index contributed by atoms with van der Waals surface area (Å²) in [5, 5.41) is 17.6. The van der Waals surface area contributed by atoms with Crippen molar-refractivity contribution in [2.24, 2.45) is 0 Å². The average molecular weight is 139 g/mol. The zero-order valence-electron chi connectivity index (χ0n) is 5.46. The molecule has 0 aliphatic heterocycles. The summed E-state index contributed by atoms with van der Waals surface area (Å²) in [5.74, 6) is -0.0181. The molecule has 0 aliphatic rings. The van der Waals surface area contributed by atoms with Crippen molar-refractivity contribution in [1.82, 2.24) is 0 Å². The van der Waals surface area contributed by atoms with Crippen molar-refractivity contribution in [1.29, 1.82) is 0 Å². The van der Waals surface area contributed by atoms with Crippen LogP contribution in [0.4, 0.5) is 0 Å². The monoisotopic (exact) mass is 139 g/mol. The van der Waals surface area contributed by atoms with Crippen LogP contribution in [0.25, 0.3) is 0 Å². The van der Waals surface area contributed by atoms with Crippen molar-refractivity contribution >= 4 is 0 Å². The smallest absolute Gasteiger partial charge is 0.165 e. The molecule has 0 heterocycles. The van der Waals surface area contributed by atoms with Crippen molar-refractivity contribution in [3.8, 4) is 17.2 Å². The lowest BCUT2D eigenvalue weighted by atomic mass is 10.3. The Hall–Kier alpha value is -1.38. The van der Waals surface area contributed by atoms with Crippen molar-refractivity contribution in [2.45, 2.75) is 0 Å². The van der Waals surface area contributed by atoms with E-state index in [1.807, 2.05) is 0 Å². The minimum atomic E-state index is -0.263. The van der Waals surface area contributed by atoms with Crippen LogP contribution in [0.2, 0.25) is 0 Å². The van der Waals surface area contributed by atoms with Gasteiger partial charge in [0.1, 0.15) is 5.75 Å². The zero-order valence-corrected chi connectivity index (χ0v) is 5.46. The highest BCUT2D eigenvalue weighted by Crippen LogP contribution is 2.27. The first-order valence-corrected chi connectivity index (χ1v) is 2.71. The summed E-state index contributed by atoms with van der Waals surface area (Å²) in [7, 11) is 1.47. The van der Waals surface area contributed by atoms with E-state index in [4.69, 9.17) is 14.9 Å². The van der Waals surface area contributed by atoms with E-state index in [0.29, 0.717) is 5.75 Å². The van der Waals surface area contributed by atoms with E-state index < -0.39 is 0 Å². The van der Waals surface area contributed by atoms with Gasteiger partial charge in [0.2, 0.25) is 0 Å². The summed E-state index contributed by atoms with van der Waals surface area (Å²) in [6.07, 6.45) is 0. The fraction of sp³-hybridized carbons (Fsp3) is 0.143. The lowest BCUT2D eigenvalue weighted by Crippen LogP contribution is -1.80. The van der Waals surface area contributed by atoms with Crippen molar-refractivity contribution in [3.63, 3.8) is 0 Å². The number of hydrogen-bond acceptors (Lipinski definition) is 3. The predicted octanol–water partition coefficient (Wildman–Crippen LogP) is 0.907. The summed E-state index contributed by atoms with van der Waals surface area (Å²) < 4.78 is 4.75. The van der Waals surface area contributed by atoms with E-state index in [2.05, 4.69) is 6.07 Å². The predicted molar refractivity (Wildman–Crippen MR) is 35.2 cm³/mol. The second-order valence-corrected chi connectivity index (χ2v) is 1.77. The Morgan fingerprint density at radius 2 is 2.20 bits per heavy atom. The Kier molecular flexibility index (Phi) is 1.67. The second kappa shape index (κ2) is 2.47. The third-order valence-electron chi connectivity index (χ3n) is 1.11. The minimum absolute atomic E-state index is 0.223. The van der Waals surface area contributed by atoms with Gasteiger partial charge in [-0.3, -0.25) is 0 Å². The molecule has 53 valence electrons. The van der Waals surface area contributed by atoms with Crippen LogP contribution in [0.1, 0.15) is 0 Å². The van der Waals surface area contributed by atoms with Gasteiger partial charge in [0.15, 0.2) is 11.5 Å². The van der Waals surface area contributed by atoms with E-state index >= 15 is 0 Å². The number of hydrogen-bond donors (Lipinski definition) is 2. The number of methoxy groups -OCH3 is 1. The molecule has 3 heteroatoms. The summed E-state index contributed by atoms with van der Waals surface area (Å²) in [6.45, 7) is 0. The van der Waals surface area contributed by atoms with Crippen LogP contribution in [-0.2, 0) is 0 Å². The second-order valence-electron chi connectivity index (χ2n) is 1.77. The first-order valence-electron chi connectivity index (χ1n) is 2.71. The molecule has 1 aromatic rings. The molecule has 10 heavy (non-hydrogen) atoms. The van der Waals surface area contributed by atoms with Gasteiger partial charge in [-0.25, -0.2) is 0 Å². The molecule has 0 aliphatic carbocycles. The minimum Gasteiger partial charge on any atom is -0.504 e. The van der Waals surface area contributed by atoms with Crippen LogP contribution in [0.15, 0.2) is 12.1 Å². The van der Waals surface area contributed by atoms with Gasteiger partial charge in [-0.05, 0) is 6.07 Å². The third kappa shape index (κ3) is 1.13. The molecule has 0 amide bonds. The SMILES string of the molecule is COc1c[c]c(O)c(O)c1. The first-order chi connectivity index (χ1) is 4.74. The molecule has 2 N–H and O–H groups in total. The standard InChI is InChI=1S/C7H7O3/c1-10-5-2-3-6(8)7(9)4-5/h2,4,8-9H,1H3. The topological polar surface area (TPSA) is 49.7 Å². The van der Waals surface area contributed by atoms with Gasteiger partial charge >= 0.3 is 0 Å². The highest BCUT2D eigenvalue weighted by molar-refractivity contribution is 5.42. The molecule has 1 rings (SSSR count). The lowest BCUT2D eigenvalue weighted by Gasteiger charge is -1.99. The normalized spacial score (nSPS) is 9.30. The number of phenolic OH excluding ortho intramolecular Hbond substituents is 2. The molecule has 3 nitrogen and oxygen atoms in total. The summed E-state index contributed by atoms with van der Waals surface area (Å²) >= 11 is 0. The molecule has 0 saturated heterocycles. The van der Waals surface area contributed by atoms with Gasteiger partial charge in [-0.2, -0.15) is 0 Å². The maximum atomic E-state index is 8.87. The molecule has 0 aromatic heterocycles. The van der Waals surface area contributed by atoms with E-state index in [0.717, 1.165) is 0 Å². The zero-order chi connectivity index (χ0) is 7.56. The highest BCUT2D eigenvalue weighted by atomic mass is 16.5. The average Bonchev–Trinajstić information content (AvgIpc) is 1.95. The molecule has 0 spiro atoms. The van der Waals surface area contributed by atoms with Crippen LogP contribution in [0.3, 0.4) is 0 Å². The molecule has 0 saturated carbocycles. The van der Waals surface area contributed by atoms with Gasteiger partial charge in [0, 0.05) is 12.1 Å². The van der Waals surface area contributed by atoms with E-state index in [-0.39, 0.29) is 11.5 Å². The molecule has 0 unspecified atom stereocenters. The Labute approximate surface area is 58.5 Å². The van der Waals surface area contributed by atoms with Crippen LogP contribution < -0.4 is 4.74 Å². The van der Waals surface area contributed by atoms with Crippen LogP contribution in [0.5, 0.6) is 17.2 Å². The molecular weight excluding hydrogens is 132 g/mol. The Morgan fingerprint density at radius 1 is 1.50 bits per heavy atom. The number of phenols is 2. The fourth-order valence-electron chi connectivity index (χ4n) is 0.576. The Morgan fingerprint density at radius 3 is 2.70 bits per heavy atom. The van der Waals surface area contributed by atoms with Gasteiger partial charge in [-0.15, -0.1) is 0 Å². The molecule has 0 fully saturated rings. The van der Waals surface area contributed by atoms with Gasteiger partial charge in [-0.1, -0.05) is 0 Å². The number of benzene rings is 1.